The van der Waals surface area contributed by atoms with Crippen molar-refractivity contribution < 1.29 is 14.3 Å². The van der Waals surface area contributed by atoms with Crippen molar-refractivity contribution in [2.24, 2.45) is 4.99 Å². The number of imide groups is 1. The van der Waals surface area contributed by atoms with Crippen LogP contribution in [0.4, 0.5) is 0 Å². The first kappa shape index (κ1) is 23.7. The van der Waals surface area contributed by atoms with Gasteiger partial charge in [-0.15, -0.1) is 24.0 Å². The number of fused-ring (bicyclic) bond motifs is 1. The summed E-state index contributed by atoms with van der Waals surface area (Å²) in [6.45, 7) is 3.97. The van der Waals surface area contributed by atoms with Crippen molar-refractivity contribution in [2.45, 2.75) is 13.5 Å². The lowest BCUT2D eigenvalue weighted by molar-refractivity contribution is 0.0659. The van der Waals surface area contributed by atoms with Crippen LogP contribution in [0.15, 0.2) is 53.5 Å². The second-order valence-electron chi connectivity index (χ2n) is 6.75. The first-order valence-electron chi connectivity index (χ1n) is 9.62. The number of guanidine groups is 1. The van der Waals surface area contributed by atoms with E-state index in [1.54, 1.807) is 31.4 Å². The van der Waals surface area contributed by atoms with Crippen molar-refractivity contribution in [3.05, 3.63) is 65.2 Å². The molecule has 1 heterocycles. The molecule has 8 heteroatoms. The molecule has 160 valence electrons. The average molecular weight is 522 g/mol. The predicted molar refractivity (Wildman–Crippen MR) is 128 cm³/mol. The molecule has 2 aromatic carbocycles. The summed E-state index contributed by atoms with van der Waals surface area (Å²) in [6.07, 6.45) is 0. The zero-order valence-electron chi connectivity index (χ0n) is 17.4. The first-order chi connectivity index (χ1) is 14.0. The van der Waals surface area contributed by atoms with E-state index in [1.807, 2.05) is 43.1 Å². The number of halogens is 1. The van der Waals surface area contributed by atoms with E-state index in [2.05, 4.69) is 10.3 Å². The molecule has 0 radical (unpaired) electrons. The SMILES string of the molecule is CCNC(=NCCN1C(=O)c2ccccc2C1=O)N(C)Cc1ccc(OC)cc1.I. The minimum Gasteiger partial charge on any atom is -0.497 e. The molecule has 3 rings (SSSR count). The van der Waals surface area contributed by atoms with Crippen LogP contribution in [0.25, 0.3) is 0 Å². The topological polar surface area (TPSA) is 74.2 Å². The Balaban J connectivity index is 0.00000320. The van der Waals surface area contributed by atoms with Gasteiger partial charge in [0.1, 0.15) is 5.75 Å². The standard InChI is InChI=1S/C22H26N4O3.HI/c1-4-23-22(25(2)15-16-9-11-17(29-3)12-10-16)24-13-14-26-20(27)18-7-5-6-8-19(18)21(26)28;/h5-12H,4,13-15H2,1-3H3,(H,23,24);1H. The van der Waals surface area contributed by atoms with Gasteiger partial charge >= 0.3 is 0 Å². The van der Waals surface area contributed by atoms with Gasteiger partial charge in [-0.25, -0.2) is 0 Å². The summed E-state index contributed by atoms with van der Waals surface area (Å²) in [7, 11) is 3.60. The fraction of sp³-hybridized carbons (Fsp3) is 0.318. The Kier molecular flexibility index (Phi) is 8.64. The molecule has 0 saturated carbocycles. The van der Waals surface area contributed by atoms with Crippen LogP contribution in [0.3, 0.4) is 0 Å². The molecule has 0 atom stereocenters. The molecule has 0 aromatic heterocycles. The van der Waals surface area contributed by atoms with Crippen LogP contribution in [-0.2, 0) is 6.54 Å². The minimum atomic E-state index is -0.252. The third kappa shape index (κ3) is 5.29. The van der Waals surface area contributed by atoms with Crippen molar-refractivity contribution in [3.8, 4) is 5.75 Å². The summed E-state index contributed by atoms with van der Waals surface area (Å²) in [5.41, 5.74) is 2.05. The second-order valence-corrected chi connectivity index (χ2v) is 6.75. The Hall–Kier alpha value is -2.62. The Morgan fingerprint density at radius 2 is 1.67 bits per heavy atom. The molecule has 1 aliphatic heterocycles. The van der Waals surface area contributed by atoms with Gasteiger partial charge in [-0.3, -0.25) is 19.5 Å². The van der Waals surface area contributed by atoms with Crippen LogP contribution in [0, 0.1) is 0 Å². The van der Waals surface area contributed by atoms with E-state index in [1.165, 1.54) is 4.90 Å². The number of ether oxygens (including phenoxy) is 1. The van der Waals surface area contributed by atoms with E-state index in [-0.39, 0.29) is 42.3 Å². The maximum Gasteiger partial charge on any atom is 0.261 e. The normalized spacial score (nSPS) is 13.0. The zero-order chi connectivity index (χ0) is 20.8. The maximum absolute atomic E-state index is 12.5. The summed E-state index contributed by atoms with van der Waals surface area (Å²) in [5, 5.41) is 3.25. The highest BCUT2D eigenvalue weighted by Gasteiger charge is 2.34. The van der Waals surface area contributed by atoms with Crippen LogP contribution in [0.2, 0.25) is 0 Å². The number of rotatable bonds is 7. The predicted octanol–water partition coefficient (Wildman–Crippen LogP) is 3.01. The average Bonchev–Trinajstić information content (AvgIpc) is 2.98. The lowest BCUT2D eigenvalue weighted by Crippen LogP contribution is -2.39. The highest BCUT2D eigenvalue weighted by atomic mass is 127. The third-order valence-electron chi connectivity index (χ3n) is 4.74. The van der Waals surface area contributed by atoms with Crippen LogP contribution < -0.4 is 10.1 Å². The van der Waals surface area contributed by atoms with E-state index in [9.17, 15) is 9.59 Å². The van der Waals surface area contributed by atoms with Crippen LogP contribution in [0.1, 0.15) is 33.2 Å². The summed E-state index contributed by atoms with van der Waals surface area (Å²) >= 11 is 0. The number of amides is 2. The summed E-state index contributed by atoms with van der Waals surface area (Å²) < 4.78 is 5.19. The number of carbonyl (C=O) groups is 2. The summed E-state index contributed by atoms with van der Waals surface area (Å²) in [5.74, 6) is 1.03. The van der Waals surface area contributed by atoms with Crippen molar-refractivity contribution in [3.63, 3.8) is 0 Å². The number of hydrogen-bond acceptors (Lipinski definition) is 4. The lowest BCUT2D eigenvalue weighted by atomic mass is 10.1. The quantitative estimate of drug-likeness (QED) is 0.262. The van der Waals surface area contributed by atoms with E-state index in [4.69, 9.17) is 4.74 Å². The molecule has 0 spiro atoms. The van der Waals surface area contributed by atoms with Gasteiger partial charge in [0, 0.05) is 26.7 Å². The zero-order valence-corrected chi connectivity index (χ0v) is 19.8. The van der Waals surface area contributed by atoms with Crippen molar-refractivity contribution in [1.29, 1.82) is 0 Å². The third-order valence-corrected chi connectivity index (χ3v) is 4.74. The van der Waals surface area contributed by atoms with Gasteiger partial charge in [0.15, 0.2) is 5.96 Å². The number of benzene rings is 2. The Bertz CT molecular complexity index is 880. The van der Waals surface area contributed by atoms with Gasteiger partial charge < -0.3 is 15.0 Å². The molecule has 1 aliphatic rings. The molecule has 2 aromatic rings. The number of hydrogen-bond donors (Lipinski definition) is 1. The highest BCUT2D eigenvalue weighted by Crippen LogP contribution is 2.22. The number of aliphatic imine (C=N–C) groups is 1. The van der Waals surface area contributed by atoms with Crippen molar-refractivity contribution in [2.75, 3.05) is 33.8 Å². The molecule has 0 bridgehead atoms. The Morgan fingerprint density at radius 3 is 2.20 bits per heavy atom. The van der Waals surface area contributed by atoms with Gasteiger partial charge in [0.2, 0.25) is 0 Å². The fourth-order valence-electron chi connectivity index (χ4n) is 3.25. The van der Waals surface area contributed by atoms with Gasteiger partial charge in [-0.05, 0) is 36.8 Å². The Labute approximate surface area is 194 Å². The van der Waals surface area contributed by atoms with Crippen molar-refractivity contribution >= 4 is 41.8 Å². The first-order valence-corrected chi connectivity index (χ1v) is 9.62. The number of carbonyl (C=O) groups excluding carboxylic acids is 2. The molecule has 1 N–H and O–H groups in total. The van der Waals surface area contributed by atoms with Gasteiger partial charge in [0.05, 0.1) is 24.8 Å². The molecule has 2 amide bonds. The Morgan fingerprint density at radius 1 is 1.07 bits per heavy atom. The van der Waals surface area contributed by atoms with Crippen LogP contribution >= 0.6 is 24.0 Å². The fourth-order valence-corrected chi connectivity index (χ4v) is 3.25. The van der Waals surface area contributed by atoms with E-state index in [0.717, 1.165) is 23.8 Å². The van der Waals surface area contributed by atoms with Gasteiger partial charge in [-0.1, -0.05) is 24.3 Å². The largest absolute Gasteiger partial charge is 0.497 e. The number of nitrogens with zero attached hydrogens (tertiary/aromatic N) is 3. The van der Waals surface area contributed by atoms with Gasteiger partial charge in [0.25, 0.3) is 11.8 Å². The second kappa shape index (κ2) is 11.0. The number of methoxy groups -OCH3 is 1. The van der Waals surface area contributed by atoms with Gasteiger partial charge in [-0.2, -0.15) is 0 Å². The molecular formula is C22H27IN4O3. The number of nitrogens with one attached hydrogen (secondary N) is 1. The lowest BCUT2D eigenvalue weighted by Gasteiger charge is -2.22. The maximum atomic E-state index is 12.5. The van der Waals surface area contributed by atoms with Crippen LogP contribution in [0.5, 0.6) is 5.75 Å². The van der Waals surface area contributed by atoms with Crippen molar-refractivity contribution in [1.82, 2.24) is 15.1 Å². The summed E-state index contributed by atoms with van der Waals surface area (Å²) in [6, 6.07) is 14.8. The van der Waals surface area contributed by atoms with Crippen LogP contribution in [-0.4, -0.2) is 61.4 Å². The summed E-state index contributed by atoms with van der Waals surface area (Å²) in [4.78, 5) is 32.8. The van der Waals surface area contributed by atoms with E-state index >= 15 is 0 Å². The monoisotopic (exact) mass is 522 g/mol. The molecule has 0 saturated heterocycles. The van der Waals surface area contributed by atoms with E-state index in [0.29, 0.717) is 24.2 Å². The molecule has 0 aliphatic carbocycles. The van der Waals surface area contributed by atoms with E-state index < -0.39 is 0 Å². The highest BCUT2D eigenvalue weighted by molar-refractivity contribution is 14.0. The molecule has 7 nitrogen and oxygen atoms in total. The smallest absolute Gasteiger partial charge is 0.261 e. The molecule has 0 unspecified atom stereocenters. The molecule has 0 fully saturated rings. The molecular weight excluding hydrogens is 495 g/mol. The molecule has 30 heavy (non-hydrogen) atoms. The minimum absolute atomic E-state index is 0.